The Kier molecular flexibility index (Phi) is 3.46. The van der Waals surface area contributed by atoms with E-state index in [1.807, 2.05) is 11.8 Å². The smallest absolute Gasteiger partial charge is 0.289 e. The summed E-state index contributed by atoms with van der Waals surface area (Å²) in [7, 11) is 0. The van der Waals surface area contributed by atoms with Crippen LogP contribution in [0.1, 0.15) is 35.6 Å². The molecule has 0 unspecified atom stereocenters. The minimum Gasteiger partial charge on any atom is -0.339 e. The summed E-state index contributed by atoms with van der Waals surface area (Å²) in [5.41, 5.74) is 0.882. The number of imidazole rings is 1. The first kappa shape index (κ1) is 13.1. The lowest BCUT2D eigenvalue weighted by atomic mass is 9.84. The topological polar surface area (TPSA) is 69.3 Å². The predicted molar refractivity (Wildman–Crippen MR) is 73.1 cm³/mol. The SMILES string of the molecule is Cc1cnc(C(=O)N2CCN(C(=O)C3CCC3)CC2)[nH]1. The fourth-order valence-corrected chi connectivity index (χ4v) is 2.71. The molecule has 0 atom stereocenters. The van der Waals surface area contributed by atoms with Gasteiger partial charge in [0.2, 0.25) is 5.91 Å². The largest absolute Gasteiger partial charge is 0.339 e. The predicted octanol–water partition coefficient (Wildman–Crippen LogP) is 0.803. The van der Waals surface area contributed by atoms with Crippen LogP contribution in [0.5, 0.6) is 0 Å². The zero-order valence-corrected chi connectivity index (χ0v) is 11.8. The van der Waals surface area contributed by atoms with Crippen molar-refractivity contribution in [2.75, 3.05) is 26.2 Å². The number of aromatic amines is 1. The molecule has 0 bridgehead atoms. The molecule has 1 saturated carbocycles. The van der Waals surface area contributed by atoms with Crippen molar-refractivity contribution in [3.8, 4) is 0 Å². The van der Waals surface area contributed by atoms with Crippen LogP contribution < -0.4 is 0 Å². The number of hydrogen-bond donors (Lipinski definition) is 1. The van der Waals surface area contributed by atoms with Crippen molar-refractivity contribution in [1.29, 1.82) is 0 Å². The highest BCUT2D eigenvalue weighted by Crippen LogP contribution is 2.28. The fourth-order valence-electron chi connectivity index (χ4n) is 2.71. The number of nitrogens with one attached hydrogen (secondary N) is 1. The van der Waals surface area contributed by atoms with Gasteiger partial charge in [0.1, 0.15) is 0 Å². The van der Waals surface area contributed by atoms with Crippen LogP contribution in [0.4, 0.5) is 0 Å². The highest BCUT2D eigenvalue weighted by Gasteiger charge is 2.32. The van der Waals surface area contributed by atoms with Crippen LogP contribution in [0.2, 0.25) is 0 Å². The van der Waals surface area contributed by atoms with Gasteiger partial charge in [0.05, 0.1) is 0 Å². The third kappa shape index (κ3) is 2.42. The van der Waals surface area contributed by atoms with Crippen molar-refractivity contribution in [3.05, 3.63) is 17.7 Å². The summed E-state index contributed by atoms with van der Waals surface area (Å²) in [6.07, 6.45) is 4.89. The van der Waals surface area contributed by atoms with E-state index in [0.717, 1.165) is 18.5 Å². The number of H-pyrrole nitrogens is 1. The molecular formula is C14H20N4O2. The molecule has 2 fully saturated rings. The fraction of sp³-hybridized carbons (Fsp3) is 0.643. The average Bonchev–Trinajstić information content (AvgIpc) is 2.83. The van der Waals surface area contributed by atoms with Crippen LogP contribution in [-0.4, -0.2) is 57.8 Å². The van der Waals surface area contributed by atoms with Gasteiger partial charge in [0.25, 0.3) is 5.91 Å². The molecule has 3 rings (SSSR count). The molecule has 6 heteroatoms. The van der Waals surface area contributed by atoms with Gasteiger partial charge < -0.3 is 14.8 Å². The summed E-state index contributed by atoms with van der Waals surface area (Å²) >= 11 is 0. The summed E-state index contributed by atoms with van der Waals surface area (Å²) in [5.74, 6) is 0.831. The van der Waals surface area contributed by atoms with E-state index in [1.54, 1.807) is 11.1 Å². The second-order valence-electron chi connectivity index (χ2n) is 5.66. The molecular weight excluding hydrogens is 256 g/mol. The normalized spacial score (nSPS) is 19.9. The van der Waals surface area contributed by atoms with Crippen molar-refractivity contribution in [2.45, 2.75) is 26.2 Å². The first-order valence-corrected chi connectivity index (χ1v) is 7.25. The van der Waals surface area contributed by atoms with Gasteiger partial charge in [-0.15, -0.1) is 0 Å². The molecule has 1 aromatic heterocycles. The van der Waals surface area contributed by atoms with E-state index in [4.69, 9.17) is 0 Å². The highest BCUT2D eigenvalue weighted by molar-refractivity contribution is 5.91. The molecule has 108 valence electrons. The van der Waals surface area contributed by atoms with E-state index in [2.05, 4.69) is 9.97 Å². The maximum atomic E-state index is 12.2. The average molecular weight is 276 g/mol. The van der Waals surface area contributed by atoms with Gasteiger partial charge in [-0.05, 0) is 19.8 Å². The van der Waals surface area contributed by atoms with Gasteiger partial charge in [-0.1, -0.05) is 6.42 Å². The molecule has 1 aliphatic heterocycles. The zero-order chi connectivity index (χ0) is 14.1. The molecule has 6 nitrogen and oxygen atoms in total. The lowest BCUT2D eigenvalue weighted by Crippen LogP contribution is -2.52. The van der Waals surface area contributed by atoms with E-state index in [9.17, 15) is 9.59 Å². The quantitative estimate of drug-likeness (QED) is 0.868. The first-order valence-electron chi connectivity index (χ1n) is 7.25. The molecule has 0 radical (unpaired) electrons. The Morgan fingerprint density at radius 2 is 1.85 bits per heavy atom. The lowest BCUT2D eigenvalue weighted by Gasteiger charge is -2.37. The van der Waals surface area contributed by atoms with Gasteiger partial charge in [-0.2, -0.15) is 0 Å². The second kappa shape index (κ2) is 5.26. The molecule has 20 heavy (non-hydrogen) atoms. The minimum atomic E-state index is -0.0751. The number of carbonyl (C=O) groups is 2. The molecule has 2 aliphatic rings. The van der Waals surface area contributed by atoms with Crippen LogP contribution in [-0.2, 0) is 4.79 Å². The minimum absolute atomic E-state index is 0.0751. The first-order chi connectivity index (χ1) is 9.65. The summed E-state index contributed by atoms with van der Waals surface area (Å²) in [6.45, 7) is 4.34. The zero-order valence-electron chi connectivity index (χ0n) is 11.8. The summed E-state index contributed by atoms with van der Waals surface area (Å²) < 4.78 is 0. The standard InChI is InChI=1S/C14H20N4O2/c1-10-9-15-12(16-10)14(20)18-7-5-17(6-8-18)13(19)11-3-2-4-11/h9,11H,2-8H2,1H3,(H,15,16). The van der Waals surface area contributed by atoms with Crippen molar-refractivity contribution in [3.63, 3.8) is 0 Å². The van der Waals surface area contributed by atoms with Crippen LogP contribution in [0.15, 0.2) is 6.20 Å². The van der Waals surface area contributed by atoms with Crippen molar-refractivity contribution in [2.24, 2.45) is 5.92 Å². The Bertz CT molecular complexity index is 513. The molecule has 1 N–H and O–H groups in total. The van der Waals surface area contributed by atoms with E-state index >= 15 is 0 Å². The number of piperazine rings is 1. The lowest BCUT2D eigenvalue weighted by molar-refractivity contribution is -0.139. The number of aromatic nitrogens is 2. The van der Waals surface area contributed by atoms with E-state index in [1.165, 1.54) is 6.42 Å². The molecule has 1 aliphatic carbocycles. The van der Waals surface area contributed by atoms with Crippen LogP contribution in [0.25, 0.3) is 0 Å². The van der Waals surface area contributed by atoms with Crippen LogP contribution in [0, 0.1) is 12.8 Å². The Morgan fingerprint density at radius 1 is 1.20 bits per heavy atom. The summed E-state index contributed by atoms with van der Waals surface area (Å²) in [5, 5.41) is 0. The summed E-state index contributed by atoms with van der Waals surface area (Å²) in [4.78, 5) is 35.1. The van der Waals surface area contributed by atoms with Crippen LogP contribution in [0.3, 0.4) is 0 Å². The number of nitrogens with zero attached hydrogens (tertiary/aromatic N) is 3. The van der Waals surface area contributed by atoms with E-state index < -0.39 is 0 Å². The van der Waals surface area contributed by atoms with Crippen molar-refractivity contribution in [1.82, 2.24) is 19.8 Å². The number of hydrogen-bond acceptors (Lipinski definition) is 3. The van der Waals surface area contributed by atoms with Crippen LogP contribution >= 0.6 is 0 Å². The molecule has 2 heterocycles. The maximum Gasteiger partial charge on any atom is 0.289 e. The maximum absolute atomic E-state index is 12.2. The third-order valence-electron chi connectivity index (χ3n) is 4.24. The van der Waals surface area contributed by atoms with E-state index in [-0.39, 0.29) is 17.7 Å². The Hall–Kier alpha value is -1.85. The Labute approximate surface area is 118 Å². The third-order valence-corrected chi connectivity index (χ3v) is 4.24. The number of rotatable bonds is 2. The number of carbonyl (C=O) groups excluding carboxylic acids is 2. The van der Waals surface area contributed by atoms with Crippen molar-refractivity contribution >= 4 is 11.8 Å². The van der Waals surface area contributed by atoms with E-state index in [0.29, 0.717) is 32.0 Å². The summed E-state index contributed by atoms with van der Waals surface area (Å²) in [6, 6.07) is 0. The van der Waals surface area contributed by atoms with Gasteiger partial charge in [-0.25, -0.2) is 4.98 Å². The second-order valence-corrected chi connectivity index (χ2v) is 5.66. The Balaban J connectivity index is 1.55. The van der Waals surface area contributed by atoms with Gasteiger partial charge >= 0.3 is 0 Å². The van der Waals surface area contributed by atoms with Crippen molar-refractivity contribution < 1.29 is 9.59 Å². The Morgan fingerprint density at radius 3 is 2.35 bits per heavy atom. The number of amides is 2. The highest BCUT2D eigenvalue weighted by atomic mass is 16.2. The number of aryl methyl sites for hydroxylation is 1. The monoisotopic (exact) mass is 276 g/mol. The molecule has 0 spiro atoms. The molecule has 1 saturated heterocycles. The molecule has 1 aromatic rings. The van der Waals surface area contributed by atoms with Gasteiger partial charge in [0.15, 0.2) is 5.82 Å². The molecule has 2 amide bonds. The molecule has 0 aromatic carbocycles. The van der Waals surface area contributed by atoms with Gasteiger partial charge in [-0.3, -0.25) is 9.59 Å². The van der Waals surface area contributed by atoms with Gasteiger partial charge in [0, 0.05) is 44.0 Å².